The molecule has 0 aliphatic heterocycles. The van der Waals surface area contributed by atoms with Crippen LogP contribution in [0.4, 0.5) is 11.4 Å². The number of hydrogen-bond donors (Lipinski definition) is 4. The first-order valence-corrected chi connectivity index (χ1v) is 16.7. The van der Waals surface area contributed by atoms with Crippen LogP contribution in [0.25, 0.3) is 0 Å². The average Bonchev–Trinajstić information content (AvgIpc) is 3.06. The second kappa shape index (κ2) is 24.0. The lowest BCUT2D eigenvalue weighted by Crippen LogP contribution is -3.00. The van der Waals surface area contributed by atoms with Crippen molar-refractivity contribution in [2.24, 2.45) is 0 Å². The molecule has 0 unspecified atom stereocenters. The molecule has 268 valence electrons. The second-order valence-corrected chi connectivity index (χ2v) is 11.5. The Morgan fingerprint density at radius 2 is 1.10 bits per heavy atom. The first-order chi connectivity index (χ1) is 22.8. The number of anilines is 2. The van der Waals surface area contributed by atoms with Gasteiger partial charge in [0.1, 0.15) is 17.1 Å². The number of hydrogen-bond acceptors (Lipinski definition) is 5. The summed E-state index contributed by atoms with van der Waals surface area (Å²) < 4.78 is 9.41. The molecule has 0 saturated heterocycles. The lowest BCUT2D eigenvalue weighted by Gasteiger charge is -2.12. The molecule has 4 amide bonds. The fourth-order valence-electron chi connectivity index (χ4n) is 4.78. The van der Waals surface area contributed by atoms with Crippen molar-refractivity contribution >= 4 is 35.0 Å². The molecule has 0 fully saturated rings. The smallest absolute Gasteiger partial charge is 0.285 e. The number of nitrogens with one attached hydrogen (secondary N) is 4. The molecule has 0 spiro atoms. The predicted molar refractivity (Wildman–Crippen MR) is 181 cm³/mol. The van der Waals surface area contributed by atoms with Crippen molar-refractivity contribution in [3.63, 3.8) is 0 Å². The molecule has 4 N–H and O–H groups in total. The summed E-state index contributed by atoms with van der Waals surface area (Å²) in [5.74, 6) is -0.659. The number of pyridine rings is 2. The Hall–Kier alpha value is -4.22. The number of rotatable bonds is 20. The van der Waals surface area contributed by atoms with Crippen molar-refractivity contribution in [3.05, 3.63) is 78.4 Å². The van der Waals surface area contributed by atoms with Crippen LogP contribution in [-0.4, -0.2) is 43.3 Å². The van der Waals surface area contributed by atoms with Crippen molar-refractivity contribution in [2.45, 2.75) is 85.2 Å². The van der Waals surface area contributed by atoms with Crippen molar-refractivity contribution in [3.8, 4) is 5.75 Å². The van der Waals surface area contributed by atoms with E-state index in [0.717, 1.165) is 32.1 Å². The molecule has 11 nitrogen and oxygen atoms in total. The highest BCUT2D eigenvalue weighted by Crippen LogP contribution is 2.21. The van der Waals surface area contributed by atoms with Gasteiger partial charge in [0.15, 0.2) is 24.8 Å². The third-order valence-corrected chi connectivity index (χ3v) is 7.23. The fourth-order valence-corrected chi connectivity index (χ4v) is 4.78. The maximum absolute atomic E-state index is 13.4. The molecule has 0 bridgehead atoms. The van der Waals surface area contributed by atoms with E-state index in [1.54, 1.807) is 70.3 Å². The number of amides is 4. The number of halogens is 2. The molecule has 2 heterocycles. The van der Waals surface area contributed by atoms with Crippen LogP contribution in [0.5, 0.6) is 5.75 Å². The number of nitrogens with zero attached hydrogens (tertiary/aromatic N) is 2. The summed E-state index contributed by atoms with van der Waals surface area (Å²) in [6.07, 6.45) is 15.2. The van der Waals surface area contributed by atoms with Gasteiger partial charge in [-0.05, 0) is 49.6 Å². The van der Waals surface area contributed by atoms with Crippen LogP contribution < -0.4 is 60.0 Å². The van der Waals surface area contributed by atoms with Gasteiger partial charge in [0.2, 0.25) is 13.1 Å². The Morgan fingerprint density at radius 3 is 1.57 bits per heavy atom. The molecule has 13 heteroatoms. The third kappa shape index (κ3) is 16.2. The average molecular weight is 718 g/mol. The third-order valence-electron chi connectivity index (χ3n) is 7.23. The fraction of sp³-hybridized carbons (Fsp3) is 0.444. The SMILES string of the molecule is CCCCCCCCOc1cc(C(=O)Nc2ccc[n+](CC(=O)NCCC)c2)cc(C(=O)Nc2ccc[n+](CC(=O)NCCC)c2)c1.[Cl-].[Cl-]. The first kappa shape index (κ1) is 42.8. The van der Waals surface area contributed by atoms with Gasteiger partial charge in [-0.15, -0.1) is 0 Å². The second-order valence-electron chi connectivity index (χ2n) is 11.5. The number of aromatic nitrogens is 2. The van der Waals surface area contributed by atoms with Crippen molar-refractivity contribution in [1.29, 1.82) is 0 Å². The summed E-state index contributed by atoms with van der Waals surface area (Å²) in [6, 6.07) is 11.7. The van der Waals surface area contributed by atoms with E-state index in [4.69, 9.17) is 4.74 Å². The van der Waals surface area contributed by atoms with Crippen LogP contribution in [0.3, 0.4) is 0 Å². The van der Waals surface area contributed by atoms with Crippen LogP contribution in [0.15, 0.2) is 67.3 Å². The molecule has 3 rings (SSSR count). The zero-order valence-corrected chi connectivity index (χ0v) is 30.2. The van der Waals surface area contributed by atoms with Gasteiger partial charge in [-0.2, -0.15) is 9.13 Å². The van der Waals surface area contributed by atoms with E-state index in [1.807, 2.05) is 13.8 Å². The highest BCUT2D eigenvalue weighted by molar-refractivity contribution is 6.09. The van der Waals surface area contributed by atoms with E-state index < -0.39 is 11.8 Å². The van der Waals surface area contributed by atoms with Gasteiger partial charge in [0, 0.05) is 36.3 Å². The molecule has 3 aromatic rings. The minimum Gasteiger partial charge on any atom is -1.00 e. The predicted octanol–water partition coefficient (Wildman–Crippen LogP) is -1.43. The highest BCUT2D eigenvalue weighted by Gasteiger charge is 2.18. The lowest BCUT2D eigenvalue weighted by molar-refractivity contribution is -0.683. The zero-order chi connectivity index (χ0) is 33.9. The summed E-state index contributed by atoms with van der Waals surface area (Å²) in [5, 5.41) is 11.4. The molecule has 49 heavy (non-hydrogen) atoms. The Morgan fingerprint density at radius 1 is 0.633 bits per heavy atom. The van der Waals surface area contributed by atoms with Gasteiger partial charge in [0.05, 0.1) is 6.61 Å². The quantitative estimate of drug-likeness (QED) is 0.0841. The molecule has 0 radical (unpaired) electrons. The summed E-state index contributed by atoms with van der Waals surface area (Å²) >= 11 is 0. The molecule has 1 aromatic carbocycles. The van der Waals surface area contributed by atoms with Crippen molar-refractivity contribution < 1.29 is 57.9 Å². The minimum absolute atomic E-state index is 0. The largest absolute Gasteiger partial charge is 1.00 e. The normalized spacial score (nSPS) is 10.2. The van der Waals surface area contributed by atoms with Gasteiger partial charge >= 0.3 is 0 Å². The summed E-state index contributed by atoms with van der Waals surface area (Å²) in [4.78, 5) is 51.3. The number of unbranched alkanes of at least 4 members (excludes halogenated alkanes) is 5. The van der Waals surface area contributed by atoms with Crippen LogP contribution in [0, 0.1) is 0 Å². The highest BCUT2D eigenvalue weighted by atomic mass is 35.5. The molecule has 0 saturated carbocycles. The number of carbonyl (C=O) groups is 4. The molecule has 0 atom stereocenters. The molecule has 0 aliphatic carbocycles. The Labute approximate surface area is 302 Å². The minimum atomic E-state index is -0.423. The maximum atomic E-state index is 13.4. The van der Waals surface area contributed by atoms with Crippen molar-refractivity contribution in [2.75, 3.05) is 30.3 Å². The van der Waals surface area contributed by atoms with Gasteiger partial charge in [-0.1, -0.05) is 52.9 Å². The summed E-state index contributed by atoms with van der Waals surface area (Å²) in [7, 11) is 0. The molecular formula is C36H50Cl2N6O5. The first-order valence-electron chi connectivity index (χ1n) is 16.7. The van der Waals surface area contributed by atoms with E-state index in [2.05, 4.69) is 28.2 Å². The molecule has 2 aromatic heterocycles. The molecule has 0 aliphatic rings. The van der Waals surface area contributed by atoms with E-state index >= 15 is 0 Å². The van der Waals surface area contributed by atoms with Crippen molar-refractivity contribution in [1.82, 2.24) is 10.6 Å². The van der Waals surface area contributed by atoms with Crippen LogP contribution >= 0.6 is 0 Å². The van der Waals surface area contributed by atoms with E-state index in [0.29, 0.717) is 36.8 Å². The van der Waals surface area contributed by atoms with Crippen LogP contribution in [-0.2, 0) is 22.7 Å². The Balaban J connectivity index is 0.00000600. The zero-order valence-electron chi connectivity index (χ0n) is 28.7. The topological polar surface area (TPSA) is 133 Å². The summed E-state index contributed by atoms with van der Waals surface area (Å²) in [5.41, 5.74) is 1.51. The maximum Gasteiger partial charge on any atom is 0.285 e. The van der Waals surface area contributed by atoms with Gasteiger partial charge in [-0.25, -0.2) is 0 Å². The van der Waals surface area contributed by atoms with Gasteiger partial charge in [0.25, 0.3) is 23.6 Å². The number of ether oxygens (including phenoxy) is 1. The van der Waals surface area contributed by atoms with Crippen LogP contribution in [0.2, 0.25) is 0 Å². The van der Waals surface area contributed by atoms with Gasteiger partial charge in [-0.3, -0.25) is 19.2 Å². The molecular weight excluding hydrogens is 667 g/mol. The monoisotopic (exact) mass is 716 g/mol. The standard InChI is InChI=1S/C36H48N6O5.2ClH/c1-4-7-8-9-10-11-20-47-32-22-28(35(45)39-30-14-12-18-41(24-30)26-33(43)37-16-5-2)21-29(23-32)36(46)40-31-15-13-19-42(25-31)27-34(44)38-17-6-3;;/h12-15,18-19,21-25H,4-11,16-17,20,26-27H2,1-3H3,(H2-2,37,38,39,40,43,44,45,46);2*1H. The summed E-state index contributed by atoms with van der Waals surface area (Å²) in [6.45, 7) is 8.08. The number of benzene rings is 1. The Bertz CT molecular complexity index is 1390. The number of carbonyl (C=O) groups excluding carboxylic acids is 4. The van der Waals surface area contributed by atoms with E-state index in [1.165, 1.54) is 25.3 Å². The Kier molecular flexibility index (Phi) is 21.0. The van der Waals surface area contributed by atoms with Gasteiger partial charge < -0.3 is 50.8 Å². The van der Waals surface area contributed by atoms with Crippen LogP contribution in [0.1, 0.15) is 92.9 Å². The van der Waals surface area contributed by atoms with E-state index in [9.17, 15) is 19.2 Å². The van der Waals surface area contributed by atoms with E-state index in [-0.39, 0.29) is 60.8 Å². The lowest BCUT2D eigenvalue weighted by atomic mass is 10.1.